The highest BCUT2D eigenvalue weighted by Crippen LogP contribution is 2.34. The van der Waals surface area contributed by atoms with Crippen molar-refractivity contribution in [3.63, 3.8) is 0 Å². The van der Waals surface area contributed by atoms with E-state index >= 15 is 0 Å². The molecule has 0 saturated carbocycles. The number of aryl methyl sites for hydroxylation is 1. The second-order valence-corrected chi connectivity index (χ2v) is 8.38. The summed E-state index contributed by atoms with van der Waals surface area (Å²) < 4.78 is 0. The van der Waals surface area contributed by atoms with Crippen LogP contribution in [0.25, 0.3) is 9.88 Å². The van der Waals surface area contributed by atoms with Gasteiger partial charge in [0.25, 0.3) is 5.91 Å². The molecule has 25 heavy (non-hydrogen) atoms. The van der Waals surface area contributed by atoms with Crippen molar-refractivity contribution >= 4 is 57.6 Å². The third-order valence-electron chi connectivity index (χ3n) is 3.61. The Morgan fingerprint density at radius 2 is 2.20 bits per heavy atom. The molecular formula is C17H13N3O2S3. The monoisotopic (exact) mass is 387 g/mol. The molecule has 0 radical (unpaired) electrons. The maximum atomic E-state index is 12.6. The van der Waals surface area contributed by atoms with E-state index in [2.05, 4.69) is 15.6 Å². The largest absolute Gasteiger partial charge is 0.324 e. The minimum atomic E-state index is -0.187. The summed E-state index contributed by atoms with van der Waals surface area (Å²) in [4.78, 5) is 31.3. The van der Waals surface area contributed by atoms with E-state index in [0.717, 1.165) is 20.5 Å². The first-order chi connectivity index (χ1) is 12.1. The van der Waals surface area contributed by atoms with Gasteiger partial charge < -0.3 is 10.6 Å². The SMILES string of the molecule is Cc1nc(-c2cccs2)sc1C(=O)Nc1ccc2c(c1)NC(=O)CS2. The summed E-state index contributed by atoms with van der Waals surface area (Å²) in [6.07, 6.45) is 0. The number of fused-ring (bicyclic) bond motifs is 1. The number of carbonyl (C=O) groups excluding carboxylic acids is 2. The smallest absolute Gasteiger partial charge is 0.267 e. The van der Waals surface area contributed by atoms with Crippen LogP contribution in [0.2, 0.25) is 0 Å². The molecule has 1 aliphatic rings. The normalized spacial score (nSPS) is 13.2. The average Bonchev–Trinajstić information content (AvgIpc) is 3.23. The zero-order valence-electron chi connectivity index (χ0n) is 13.2. The molecule has 8 heteroatoms. The summed E-state index contributed by atoms with van der Waals surface area (Å²) in [5.41, 5.74) is 2.10. The highest BCUT2D eigenvalue weighted by atomic mass is 32.2. The van der Waals surface area contributed by atoms with Crippen molar-refractivity contribution in [2.75, 3.05) is 16.4 Å². The van der Waals surface area contributed by atoms with Gasteiger partial charge in [0.15, 0.2) is 0 Å². The second-order valence-electron chi connectivity index (χ2n) is 5.41. The first-order valence-electron chi connectivity index (χ1n) is 7.49. The van der Waals surface area contributed by atoms with E-state index in [-0.39, 0.29) is 11.8 Å². The minimum absolute atomic E-state index is 0.0279. The molecule has 126 valence electrons. The van der Waals surface area contributed by atoms with E-state index in [4.69, 9.17) is 0 Å². The number of hydrogen-bond donors (Lipinski definition) is 2. The fourth-order valence-corrected chi connectivity index (χ4v) is 5.01. The first-order valence-corrected chi connectivity index (χ1v) is 10.2. The van der Waals surface area contributed by atoms with Crippen molar-refractivity contribution in [3.05, 3.63) is 46.3 Å². The predicted octanol–water partition coefficient (Wildman–Crippen LogP) is 4.48. The quantitative estimate of drug-likeness (QED) is 0.695. The summed E-state index contributed by atoms with van der Waals surface area (Å²) in [6, 6.07) is 9.50. The van der Waals surface area contributed by atoms with Gasteiger partial charge in [-0.2, -0.15) is 0 Å². The summed E-state index contributed by atoms with van der Waals surface area (Å²) in [6.45, 7) is 1.84. The van der Waals surface area contributed by atoms with Crippen molar-refractivity contribution in [1.29, 1.82) is 0 Å². The Bertz CT molecular complexity index is 964. The molecule has 3 aromatic rings. The average molecular weight is 388 g/mol. The fourth-order valence-electron chi connectivity index (χ4n) is 2.46. The molecule has 0 bridgehead atoms. The Morgan fingerprint density at radius 3 is 3.00 bits per heavy atom. The van der Waals surface area contributed by atoms with Crippen LogP contribution in [-0.2, 0) is 4.79 Å². The number of nitrogens with zero attached hydrogens (tertiary/aromatic N) is 1. The number of hydrogen-bond acceptors (Lipinski definition) is 6. The van der Waals surface area contributed by atoms with Crippen LogP contribution in [0.3, 0.4) is 0 Å². The number of benzene rings is 1. The summed E-state index contributed by atoms with van der Waals surface area (Å²) in [5.74, 6) is 0.206. The van der Waals surface area contributed by atoms with Gasteiger partial charge in [-0.1, -0.05) is 6.07 Å². The molecule has 0 saturated heterocycles. The molecule has 0 fully saturated rings. The zero-order valence-corrected chi connectivity index (χ0v) is 15.6. The maximum absolute atomic E-state index is 12.6. The molecule has 0 spiro atoms. The van der Waals surface area contributed by atoms with Crippen LogP contribution in [0, 0.1) is 6.92 Å². The number of carbonyl (C=O) groups is 2. The Balaban J connectivity index is 1.56. The van der Waals surface area contributed by atoms with E-state index in [9.17, 15) is 9.59 Å². The summed E-state index contributed by atoms with van der Waals surface area (Å²) in [5, 5.41) is 8.57. The third-order valence-corrected chi connectivity index (χ3v) is 6.87. The molecule has 0 atom stereocenters. The van der Waals surface area contributed by atoms with Gasteiger partial charge in [-0.25, -0.2) is 4.98 Å². The topological polar surface area (TPSA) is 71.1 Å². The van der Waals surface area contributed by atoms with E-state index in [0.29, 0.717) is 22.0 Å². The summed E-state index contributed by atoms with van der Waals surface area (Å²) in [7, 11) is 0. The summed E-state index contributed by atoms with van der Waals surface area (Å²) >= 11 is 4.48. The van der Waals surface area contributed by atoms with Crippen LogP contribution < -0.4 is 10.6 Å². The van der Waals surface area contributed by atoms with E-state index < -0.39 is 0 Å². The fraction of sp³-hybridized carbons (Fsp3) is 0.118. The molecule has 4 rings (SSSR count). The highest BCUT2D eigenvalue weighted by molar-refractivity contribution is 8.00. The molecule has 3 heterocycles. The standard InChI is InChI=1S/C17H13N3O2S3/c1-9-15(25-17(18-9)13-3-2-6-23-13)16(22)19-10-4-5-12-11(7-10)20-14(21)8-24-12/h2-7H,8H2,1H3,(H,19,22)(H,20,21). The van der Waals surface area contributed by atoms with E-state index in [1.165, 1.54) is 23.1 Å². The molecule has 2 N–H and O–H groups in total. The van der Waals surface area contributed by atoms with Crippen molar-refractivity contribution < 1.29 is 9.59 Å². The van der Waals surface area contributed by atoms with Gasteiger partial charge in [0.05, 0.1) is 22.0 Å². The van der Waals surface area contributed by atoms with Crippen LogP contribution in [0.15, 0.2) is 40.6 Å². The Morgan fingerprint density at radius 1 is 1.32 bits per heavy atom. The maximum Gasteiger partial charge on any atom is 0.267 e. The lowest BCUT2D eigenvalue weighted by Gasteiger charge is -2.17. The lowest BCUT2D eigenvalue weighted by Crippen LogP contribution is -2.19. The van der Waals surface area contributed by atoms with Crippen LogP contribution in [-0.4, -0.2) is 22.6 Å². The molecule has 0 unspecified atom stereocenters. The van der Waals surface area contributed by atoms with Crippen LogP contribution >= 0.6 is 34.4 Å². The number of rotatable bonds is 3. The van der Waals surface area contributed by atoms with Crippen LogP contribution in [0.5, 0.6) is 0 Å². The number of aromatic nitrogens is 1. The van der Waals surface area contributed by atoms with Gasteiger partial charge in [-0.05, 0) is 36.6 Å². The van der Waals surface area contributed by atoms with Gasteiger partial charge in [-0.3, -0.25) is 9.59 Å². The van der Waals surface area contributed by atoms with Gasteiger partial charge >= 0.3 is 0 Å². The first kappa shape index (κ1) is 16.3. The van der Waals surface area contributed by atoms with E-state index in [1.807, 2.05) is 36.6 Å². The predicted molar refractivity (Wildman–Crippen MR) is 104 cm³/mol. The van der Waals surface area contributed by atoms with Gasteiger partial charge in [0, 0.05) is 10.6 Å². The molecule has 5 nitrogen and oxygen atoms in total. The van der Waals surface area contributed by atoms with Gasteiger partial charge in [0.2, 0.25) is 5.91 Å². The van der Waals surface area contributed by atoms with E-state index in [1.54, 1.807) is 17.4 Å². The minimum Gasteiger partial charge on any atom is -0.324 e. The van der Waals surface area contributed by atoms with Gasteiger partial charge in [0.1, 0.15) is 9.88 Å². The van der Waals surface area contributed by atoms with Crippen LogP contribution in [0.4, 0.5) is 11.4 Å². The molecule has 2 aromatic heterocycles. The number of thiophene rings is 1. The molecule has 1 aromatic carbocycles. The lowest BCUT2D eigenvalue weighted by molar-refractivity contribution is -0.113. The van der Waals surface area contributed by atoms with Crippen molar-refractivity contribution in [1.82, 2.24) is 4.98 Å². The number of nitrogens with one attached hydrogen (secondary N) is 2. The second kappa shape index (κ2) is 6.62. The number of thiazole rings is 1. The van der Waals surface area contributed by atoms with Crippen molar-refractivity contribution in [3.8, 4) is 9.88 Å². The van der Waals surface area contributed by atoms with Crippen molar-refractivity contribution in [2.45, 2.75) is 11.8 Å². The third kappa shape index (κ3) is 3.33. The molecular weight excluding hydrogens is 374 g/mol. The lowest BCUT2D eigenvalue weighted by atomic mass is 10.2. The number of amides is 2. The van der Waals surface area contributed by atoms with Crippen LogP contribution in [0.1, 0.15) is 15.4 Å². The number of thioether (sulfide) groups is 1. The van der Waals surface area contributed by atoms with Gasteiger partial charge in [-0.15, -0.1) is 34.4 Å². The Kier molecular flexibility index (Phi) is 4.32. The zero-order chi connectivity index (χ0) is 17.4. The highest BCUT2D eigenvalue weighted by Gasteiger charge is 2.19. The number of anilines is 2. The molecule has 2 amide bonds. The Labute approximate surface area is 156 Å². The Hall–Kier alpha value is -2.16. The molecule has 1 aliphatic heterocycles. The van der Waals surface area contributed by atoms with Crippen molar-refractivity contribution in [2.24, 2.45) is 0 Å². The molecule has 0 aliphatic carbocycles.